The lowest BCUT2D eigenvalue weighted by Gasteiger charge is -2.23. The molecule has 0 aromatic carbocycles. The van der Waals surface area contributed by atoms with E-state index in [4.69, 9.17) is 11.6 Å². The standard InChI is InChI=1S/C14H27ClN2O/c1-3-6-16(7-4-2)8-5-9-17-12-13(11-15)10-14(17)18/h13H,3-12H2,1-2H3. The van der Waals surface area contributed by atoms with Gasteiger partial charge in [-0.05, 0) is 44.8 Å². The summed E-state index contributed by atoms with van der Waals surface area (Å²) < 4.78 is 0. The van der Waals surface area contributed by atoms with Crippen LogP contribution in [0.3, 0.4) is 0 Å². The minimum absolute atomic E-state index is 0.290. The Bertz CT molecular complexity index is 242. The van der Waals surface area contributed by atoms with Crippen LogP contribution in [0.2, 0.25) is 0 Å². The quantitative estimate of drug-likeness (QED) is 0.604. The summed E-state index contributed by atoms with van der Waals surface area (Å²) in [5.74, 6) is 1.28. The normalized spacial score (nSPS) is 20.1. The van der Waals surface area contributed by atoms with Crippen molar-refractivity contribution in [3.63, 3.8) is 0 Å². The molecule has 0 aliphatic carbocycles. The van der Waals surface area contributed by atoms with Gasteiger partial charge in [0, 0.05) is 25.4 Å². The molecule has 3 nitrogen and oxygen atoms in total. The van der Waals surface area contributed by atoms with Gasteiger partial charge in [-0.2, -0.15) is 0 Å². The monoisotopic (exact) mass is 274 g/mol. The lowest BCUT2D eigenvalue weighted by atomic mass is 10.1. The summed E-state index contributed by atoms with van der Waals surface area (Å²) in [4.78, 5) is 16.2. The molecule has 1 saturated heterocycles. The van der Waals surface area contributed by atoms with E-state index in [0.717, 1.165) is 26.1 Å². The summed E-state index contributed by atoms with van der Waals surface area (Å²) in [7, 11) is 0. The molecular weight excluding hydrogens is 248 g/mol. The van der Waals surface area contributed by atoms with Gasteiger partial charge in [0.25, 0.3) is 0 Å². The zero-order chi connectivity index (χ0) is 13.4. The highest BCUT2D eigenvalue weighted by molar-refractivity contribution is 6.18. The lowest BCUT2D eigenvalue weighted by Crippen LogP contribution is -2.32. The van der Waals surface area contributed by atoms with Crippen LogP contribution in [0, 0.1) is 5.92 Å². The molecule has 1 amide bonds. The van der Waals surface area contributed by atoms with Gasteiger partial charge in [0.1, 0.15) is 0 Å². The van der Waals surface area contributed by atoms with Crippen molar-refractivity contribution in [2.45, 2.75) is 39.5 Å². The van der Waals surface area contributed by atoms with Crippen LogP contribution in [0.5, 0.6) is 0 Å². The first-order valence-electron chi connectivity index (χ1n) is 7.27. The summed E-state index contributed by atoms with van der Waals surface area (Å²) in [6, 6.07) is 0. The van der Waals surface area contributed by atoms with Gasteiger partial charge in [-0.25, -0.2) is 0 Å². The van der Waals surface area contributed by atoms with E-state index in [-0.39, 0.29) is 5.91 Å². The molecule has 1 heterocycles. The Hall–Kier alpha value is -0.280. The molecule has 1 unspecified atom stereocenters. The molecule has 1 aliphatic heterocycles. The number of halogens is 1. The van der Waals surface area contributed by atoms with Crippen molar-refractivity contribution in [3.05, 3.63) is 0 Å². The summed E-state index contributed by atoms with van der Waals surface area (Å²) in [6.07, 6.45) is 4.14. The summed E-state index contributed by atoms with van der Waals surface area (Å²) >= 11 is 5.82. The van der Waals surface area contributed by atoms with E-state index in [1.807, 2.05) is 4.90 Å². The number of amides is 1. The van der Waals surface area contributed by atoms with Crippen LogP contribution in [-0.2, 0) is 4.79 Å². The Kier molecular flexibility index (Phi) is 7.68. The summed E-state index contributed by atoms with van der Waals surface area (Å²) in [5, 5.41) is 0. The van der Waals surface area contributed by atoms with Crippen LogP contribution < -0.4 is 0 Å². The molecule has 1 atom stereocenters. The minimum atomic E-state index is 0.290. The van der Waals surface area contributed by atoms with E-state index in [2.05, 4.69) is 18.7 Å². The molecule has 0 spiro atoms. The Labute approximate surface area is 116 Å². The van der Waals surface area contributed by atoms with Gasteiger partial charge in [0.2, 0.25) is 5.91 Å². The van der Waals surface area contributed by atoms with Crippen LogP contribution in [0.1, 0.15) is 39.5 Å². The third kappa shape index (κ3) is 5.15. The van der Waals surface area contributed by atoms with Crippen molar-refractivity contribution in [1.82, 2.24) is 9.80 Å². The van der Waals surface area contributed by atoms with Gasteiger partial charge < -0.3 is 9.80 Å². The average Bonchev–Trinajstić information content (AvgIpc) is 2.71. The molecule has 18 heavy (non-hydrogen) atoms. The fourth-order valence-corrected chi connectivity index (χ4v) is 2.83. The highest BCUT2D eigenvalue weighted by atomic mass is 35.5. The number of rotatable bonds is 9. The largest absolute Gasteiger partial charge is 0.342 e. The van der Waals surface area contributed by atoms with E-state index in [0.29, 0.717) is 18.2 Å². The number of carbonyl (C=O) groups excluding carboxylic acids is 1. The predicted molar refractivity (Wildman–Crippen MR) is 77.0 cm³/mol. The van der Waals surface area contributed by atoms with Crippen molar-refractivity contribution in [2.75, 3.05) is 38.6 Å². The zero-order valence-corrected chi connectivity index (χ0v) is 12.6. The Morgan fingerprint density at radius 1 is 1.28 bits per heavy atom. The lowest BCUT2D eigenvalue weighted by molar-refractivity contribution is -0.127. The van der Waals surface area contributed by atoms with Crippen molar-refractivity contribution in [2.24, 2.45) is 5.92 Å². The molecule has 0 saturated carbocycles. The predicted octanol–water partition coefficient (Wildman–Crippen LogP) is 2.59. The summed E-state index contributed by atoms with van der Waals surface area (Å²) in [6.45, 7) is 9.66. The van der Waals surface area contributed by atoms with Gasteiger partial charge in [-0.15, -0.1) is 11.6 Å². The number of alkyl halides is 1. The Balaban J connectivity index is 2.21. The van der Waals surface area contributed by atoms with Gasteiger partial charge in [0.05, 0.1) is 0 Å². The maximum Gasteiger partial charge on any atom is 0.222 e. The molecule has 0 radical (unpaired) electrons. The molecular formula is C14H27ClN2O. The van der Waals surface area contributed by atoms with E-state index >= 15 is 0 Å². The third-order valence-electron chi connectivity index (χ3n) is 3.49. The maximum atomic E-state index is 11.7. The molecule has 0 aromatic rings. The fourth-order valence-electron chi connectivity index (χ4n) is 2.63. The topological polar surface area (TPSA) is 23.6 Å². The molecule has 106 valence electrons. The first-order chi connectivity index (χ1) is 8.71. The summed E-state index contributed by atoms with van der Waals surface area (Å²) in [5.41, 5.74) is 0. The van der Waals surface area contributed by atoms with E-state index in [9.17, 15) is 4.79 Å². The molecule has 1 fully saturated rings. The van der Waals surface area contributed by atoms with Gasteiger partial charge in [-0.1, -0.05) is 13.8 Å². The van der Waals surface area contributed by atoms with Crippen LogP contribution in [0.4, 0.5) is 0 Å². The number of carbonyl (C=O) groups is 1. The maximum absolute atomic E-state index is 11.7. The minimum Gasteiger partial charge on any atom is -0.342 e. The van der Waals surface area contributed by atoms with Gasteiger partial charge in [0.15, 0.2) is 0 Å². The first kappa shape index (κ1) is 15.8. The number of hydrogen-bond donors (Lipinski definition) is 0. The second-order valence-electron chi connectivity index (χ2n) is 5.26. The number of hydrogen-bond acceptors (Lipinski definition) is 2. The van der Waals surface area contributed by atoms with Crippen LogP contribution >= 0.6 is 11.6 Å². The second kappa shape index (κ2) is 8.76. The van der Waals surface area contributed by atoms with E-state index in [1.54, 1.807) is 0 Å². The van der Waals surface area contributed by atoms with E-state index < -0.39 is 0 Å². The van der Waals surface area contributed by atoms with Gasteiger partial charge >= 0.3 is 0 Å². The second-order valence-corrected chi connectivity index (χ2v) is 5.57. The molecule has 4 heteroatoms. The van der Waals surface area contributed by atoms with Crippen LogP contribution in [0.15, 0.2) is 0 Å². The number of likely N-dealkylation sites (tertiary alicyclic amines) is 1. The van der Waals surface area contributed by atoms with Crippen LogP contribution in [0.25, 0.3) is 0 Å². The molecule has 1 aliphatic rings. The molecule has 0 aromatic heterocycles. The van der Waals surface area contributed by atoms with Crippen LogP contribution in [-0.4, -0.2) is 54.3 Å². The molecule has 1 rings (SSSR count). The average molecular weight is 275 g/mol. The molecule has 0 bridgehead atoms. The van der Waals surface area contributed by atoms with Crippen molar-refractivity contribution < 1.29 is 4.79 Å². The van der Waals surface area contributed by atoms with E-state index in [1.165, 1.54) is 25.9 Å². The number of nitrogens with zero attached hydrogens (tertiary/aromatic N) is 2. The smallest absolute Gasteiger partial charge is 0.222 e. The molecule has 0 N–H and O–H groups in total. The van der Waals surface area contributed by atoms with Crippen molar-refractivity contribution >= 4 is 17.5 Å². The first-order valence-corrected chi connectivity index (χ1v) is 7.80. The Morgan fingerprint density at radius 3 is 2.44 bits per heavy atom. The van der Waals surface area contributed by atoms with Crippen molar-refractivity contribution in [1.29, 1.82) is 0 Å². The van der Waals surface area contributed by atoms with Gasteiger partial charge in [-0.3, -0.25) is 4.79 Å². The SMILES string of the molecule is CCCN(CCC)CCCN1CC(CCl)CC1=O. The Morgan fingerprint density at radius 2 is 1.94 bits per heavy atom. The highest BCUT2D eigenvalue weighted by Gasteiger charge is 2.28. The van der Waals surface area contributed by atoms with Crippen molar-refractivity contribution in [3.8, 4) is 0 Å². The highest BCUT2D eigenvalue weighted by Crippen LogP contribution is 2.18. The fraction of sp³-hybridized carbons (Fsp3) is 0.929. The third-order valence-corrected chi connectivity index (χ3v) is 3.93. The zero-order valence-electron chi connectivity index (χ0n) is 11.8.